The number of halogens is 11. The lowest BCUT2D eigenvalue weighted by Gasteiger charge is -2.15. The van der Waals surface area contributed by atoms with Crippen LogP contribution in [0, 0.1) is 29.1 Å². The van der Waals surface area contributed by atoms with E-state index in [1.807, 2.05) is 0 Å². The van der Waals surface area contributed by atoms with Gasteiger partial charge in [0.05, 0.1) is 0 Å². The van der Waals surface area contributed by atoms with Gasteiger partial charge >= 0.3 is 18.3 Å². The molecule has 0 aliphatic carbocycles. The summed E-state index contributed by atoms with van der Waals surface area (Å²) in [5, 5.41) is 0. The maximum Gasteiger partial charge on any atom is 0.422 e. The molecule has 0 N–H and O–H groups in total. The van der Waals surface area contributed by atoms with Crippen LogP contribution in [0.15, 0.2) is 18.2 Å². The van der Waals surface area contributed by atoms with Crippen LogP contribution in [0.1, 0.15) is 10.4 Å². The van der Waals surface area contributed by atoms with Crippen LogP contribution in [0.25, 0.3) is 0 Å². The van der Waals surface area contributed by atoms with E-state index in [1.165, 1.54) is 0 Å². The van der Waals surface area contributed by atoms with Gasteiger partial charge in [0.2, 0.25) is 34.8 Å². The summed E-state index contributed by atoms with van der Waals surface area (Å²) < 4.78 is 153. The van der Waals surface area contributed by atoms with Gasteiger partial charge in [-0.15, -0.1) is 0 Å². The highest BCUT2D eigenvalue weighted by Crippen LogP contribution is 2.32. The van der Waals surface area contributed by atoms with Crippen LogP contribution in [0.2, 0.25) is 0 Å². The van der Waals surface area contributed by atoms with E-state index in [-0.39, 0.29) is 0 Å². The lowest BCUT2D eigenvalue weighted by molar-refractivity contribution is -0.154. The highest BCUT2D eigenvalue weighted by atomic mass is 19.4. The summed E-state index contributed by atoms with van der Waals surface area (Å²) in [5.41, 5.74) is -1.17. The lowest BCUT2D eigenvalue weighted by Crippen LogP contribution is -2.22. The molecule has 0 bridgehead atoms. The van der Waals surface area contributed by atoms with Gasteiger partial charge in [-0.3, -0.25) is 0 Å². The van der Waals surface area contributed by atoms with Gasteiger partial charge < -0.3 is 14.2 Å². The first-order valence-electron chi connectivity index (χ1n) is 7.87. The maximum atomic E-state index is 13.7. The van der Waals surface area contributed by atoms with Gasteiger partial charge in [0.1, 0.15) is 17.1 Å². The van der Waals surface area contributed by atoms with Crippen molar-refractivity contribution in [2.45, 2.75) is 12.4 Å². The number of rotatable bonds is 6. The first-order chi connectivity index (χ1) is 14.6. The van der Waals surface area contributed by atoms with Crippen LogP contribution in [0.4, 0.5) is 48.3 Å². The Balaban J connectivity index is 2.44. The minimum absolute atomic E-state index is 0.353. The fourth-order valence-corrected chi connectivity index (χ4v) is 2.03. The molecular weight excluding hydrogens is 477 g/mol. The molecule has 15 heteroatoms. The van der Waals surface area contributed by atoms with Crippen molar-refractivity contribution in [1.82, 2.24) is 0 Å². The molecule has 0 heterocycles. The molecule has 0 atom stereocenters. The first-order valence-corrected chi connectivity index (χ1v) is 7.87. The summed E-state index contributed by atoms with van der Waals surface area (Å²) in [5.74, 6) is -18.7. The Labute approximate surface area is 170 Å². The molecule has 0 spiro atoms. The van der Waals surface area contributed by atoms with E-state index < -0.39 is 83.4 Å². The quantitative estimate of drug-likeness (QED) is 0.179. The number of benzene rings is 2. The van der Waals surface area contributed by atoms with Crippen molar-refractivity contribution in [2.24, 2.45) is 0 Å². The Morgan fingerprint density at radius 2 is 1.19 bits per heavy atom. The Morgan fingerprint density at radius 1 is 0.719 bits per heavy atom. The molecule has 0 amide bonds. The van der Waals surface area contributed by atoms with E-state index in [0.29, 0.717) is 18.2 Å². The molecule has 4 nitrogen and oxygen atoms in total. The number of hydrogen-bond acceptors (Lipinski definition) is 4. The third-order valence-electron chi connectivity index (χ3n) is 3.33. The van der Waals surface area contributed by atoms with Gasteiger partial charge in [-0.25, -0.2) is 18.0 Å². The zero-order valence-corrected chi connectivity index (χ0v) is 14.9. The Hall–Kier alpha value is -3.26. The van der Waals surface area contributed by atoms with Crippen molar-refractivity contribution in [3.63, 3.8) is 0 Å². The highest BCUT2D eigenvalue weighted by molar-refractivity contribution is 5.94. The van der Waals surface area contributed by atoms with E-state index in [0.717, 1.165) is 0 Å². The van der Waals surface area contributed by atoms with E-state index in [2.05, 4.69) is 14.2 Å². The summed E-state index contributed by atoms with van der Waals surface area (Å²) in [7, 11) is 0. The van der Waals surface area contributed by atoms with Crippen molar-refractivity contribution in [1.29, 1.82) is 0 Å². The monoisotopic (exact) mass is 484 g/mol. The fourth-order valence-electron chi connectivity index (χ4n) is 2.03. The minimum atomic E-state index is -4.95. The normalized spacial score (nSPS) is 12.0. The summed E-state index contributed by atoms with van der Waals surface area (Å²) in [6, 6.07) is 1.55. The summed E-state index contributed by atoms with van der Waals surface area (Å²) >= 11 is 0. The van der Waals surface area contributed by atoms with Gasteiger partial charge in [-0.05, 0) is 18.2 Å². The topological polar surface area (TPSA) is 44.8 Å². The molecule has 2 rings (SSSR count). The van der Waals surface area contributed by atoms with E-state index in [1.54, 1.807) is 0 Å². The van der Waals surface area contributed by atoms with Crippen molar-refractivity contribution in [3.05, 3.63) is 52.8 Å². The van der Waals surface area contributed by atoms with Gasteiger partial charge in [0.25, 0.3) is 0 Å². The first kappa shape index (κ1) is 25.0. The molecule has 2 aromatic carbocycles. The molecule has 0 radical (unpaired) electrons. The standard InChI is InChI=1S/C17H7F11O4/c18-9-10(19)12(21)14(13(22)11(9)20)32-15(29)7-3-6(30-4-16(23,24)25)1-2-8(7)31-5-17(26,27)28/h1-3H,4-5H2. The predicted molar refractivity (Wildman–Crippen MR) is 80.7 cm³/mol. The van der Waals surface area contributed by atoms with E-state index in [4.69, 9.17) is 0 Å². The molecule has 0 fully saturated rings. The maximum absolute atomic E-state index is 13.7. The van der Waals surface area contributed by atoms with Crippen LogP contribution < -0.4 is 14.2 Å². The minimum Gasteiger partial charge on any atom is -0.484 e. The van der Waals surface area contributed by atoms with Crippen LogP contribution in [-0.2, 0) is 0 Å². The number of alkyl halides is 6. The van der Waals surface area contributed by atoms with Crippen LogP contribution in [0.3, 0.4) is 0 Å². The molecule has 0 saturated heterocycles. The van der Waals surface area contributed by atoms with Crippen molar-refractivity contribution in [3.8, 4) is 17.2 Å². The van der Waals surface area contributed by atoms with Crippen molar-refractivity contribution in [2.75, 3.05) is 13.2 Å². The number of carbonyl (C=O) groups is 1. The Kier molecular flexibility index (Phi) is 7.09. The fraction of sp³-hybridized carbons (Fsp3) is 0.235. The highest BCUT2D eigenvalue weighted by Gasteiger charge is 2.32. The van der Waals surface area contributed by atoms with Gasteiger partial charge in [-0.2, -0.15) is 35.1 Å². The molecular formula is C17H7F11O4. The molecule has 2 aromatic rings. The average molecular weight is 484 g/mol. The zero-order chi connectivity index (χ0) is 24.4. The Morgan fingerprint density at radius 3 is 1.69 bits per heavy atom. The van der Waals surface area contributed by atoms with Gasteiger partial charge in [0.15, 0.2) is 13.2 Å². The third-order valence-corrected chi connectivity index (χ3v) is 3.33. The van der Waals surface area contributed by atoms with Gasteiger partial charge in [0, 0.05) is 0 Å². The molecule has 176 valence electrons. The van der Waals surface area contributed by atoms with Gasteiger partial charge in [-0.1, -0.05) is 0 Å². The third kappa shape index (κ3) is 6.13. The van der Waals surface area contributed by atoms with Crippen molar-refractivity contribution >= 4 is 5.97 Å². The number of carbonyl (C=O) groups excluding carboxylic acids is 1. The number of hydrogen-bond donors (Lipinski definition) is 0. The summed E-state index contributed by atoms with van der Waals surface area (Å²) in [4.78, 5) is 12.2. The predicted octanol–water partition coefficient (Wildman–Crippen LogP) is 5.48. The lowest BCUT2D eigenvalue weighted by atomic mass is 10.2. The van der Waals surface area contributed by atoms with Crippen molar-refractivity contribution < 1.29 is 67.3 Å². The van der Waals surface area contributed by atoms with Crippen LogP contribution in [-0.4, -0.2) is 31.5 Å². The second-order valence-corrected chi connectivity index (χ2v) is 5.75. The molecule has 0 unspecified atom stereocenters. The summed E-state index contributed by atoms with van der Waals surface area (Å²) in [6.45, 7) is -3.92. The second kappa shape index (κ2) is 9.08. The average Bonchev–Trinajstić information content (AvgIpc) is 2.69. The van der Waals surface area contributed by atoms with Crippen LogP contribution >= 0.6 is 0 Å². The summed E-state index contributed by atoms with van der Waals surface area (Å²) in [6.07, 6.45) is -9.81. The Bertz CT molecular complexity index is 986. The zero-order valence-electron chi connectivity index (χ0n) is 14.9. The SMILES string of the molecule is O=C(Oc1c(F)c(F)c(F)c(F)c1F)c1cc(OCC(F)(F)F)ccc1OCC(F)(F)F. The van der Waals surface area contributed by atoms with E-state index >= 15 is 0 Å². The van der Waals surface area contributed by atoms with E-state index in [9.17, 15) is 53.1 Å². The number of esters is 1. The second-order valence-electron chi connectivity index (χ2n) is 5.75. The molecule has 32 heavy (non-hydrogen) atoms. The van der Waals surface area contributed by atoms with Crippen LogP contribution in [0.5, 0.6) is 17.2 Å². The molecule has 0 aliphatic heterocycles. The smallest absolute Gasteiger partial charge is 0.422 e. The molecule has 0 aromatic heterocycles. The molecule has 0 aliphatic rings. The number of ether oxygens (including phenoxy) is 3. The molecule has 0 saturated carbocycles. The largest absolute Gasteiger partial charge is 0.484 e.